The number of rotatable bonds is 5. The Balaban J connectivity index is 1.77. The van der Waals surface area contributed by atoms with Crippen LogP contribution in [-0.2, 0) is 0 Å². The van der Waals surface area contributed by atoms with Gasteiger partial charge >= 0.3 is 0 Å². The van der Waals surface area contributed by atoms with Gasteiger partial charge in [0.25, 0.3) is 0 Å². The van der Waals surface area contributed by atoms with E-state index >= 15 is 0 Å². The predicted octanol–water partition coefficient (Wildman–Crippen LogP) is 7.55. The molecule has 0 fully saturated rings. The third-order valence-corrected chi connectivity index (χ3v) is 5.78. The molecule has 0 bridgehead atoms. The van der Waals surface area contributed by atoms with E-state index in [0.717, 1.165) is 27.7 Å². The molecule has 32 heavy (non-hydrogen) atoms. The van der Waals surface area contributed by atoms with Crippen molar-refractivity contribution in [1.29, 1.82) is 5.26 Å². The molecule has 4 aromatic carbocycles. The molecule has 0 saturated heterocycles. The summed E-state index contributed by atoms with van der Waals surface area (Å²) in [4.78, 5) is 3.64. The van der Waals surface area contributed by atoms with E-state index in [1.807, 2.05) is 36.4 Å². The molecule has 0 radical (unpaired) electrons. The van der Waals surface area contributed by atoms with Crippen LogP contribution >= 0.6 is 0 Å². The molecule has 2 nitrogen and oxygen atoms in total. The summed E-state index contributed by atoms with van der Waals surface area (Å²) >= 11 is 0. The van der Waals surface area contributed by atoms with Gasteiger partial charge in [-0.1, -0.05) is 103 Å². The first-order chi connectivity index (χ1) is 15.8. The fourth-order valence-electron chi connectivity index (χ4n) is 4.24. The lowest BCUT2D eigenvalue weighted by Crippen LogP contribution is -1.99. The summed E-state index contributed by atoms with van der Waals surface area (Å²) in [5.41, 5.74) is 7.46. The fourth-order valence-corrected chi connectivity index (χ4v) is 4.24. The molecular formula is C30H22N2. The lowest BCUT2D eigenvalue weighted by molar-refractivity contribution is 1.05. The maximum Gasteiger partial charge on any atom is 0.0991 e. The van der Waals surface area contributed by atoms with E-state index in [9.17, 15) is 5.26 Å². The number of benzene rings is 4. The molecular weight excluding hydrogens is 388 g/mol. The summed E-state index contributed by atoms with van der Waals surface area (Å²) in [6.07, 6.45) is 4.44. The zero-order valence-corrected chi connectivity index (χ0v) is 17.6. The van der Waals surface area contributed by atoms with Crippen molar-refractivity contribution in [3.05, 3.63) is 138 Å². The fraction of sp³-hybridized carbons (Fsp3) is 0.0333. The Morgan fingerprint density at radius 2 is 1.41 bits per heavy atom. The largest absolute Gasteiger partial charge is 0.354 e. The van der Waals surface area contributed by atoms with Crippen LogP contribution < -0.4 is 0 Å². The third-order valence-electron chi connectivity index (χ3n) is 5.78. The Morgan fingerprint density at radius 3 is 2.09 bits per heavy atom. The molecule has 2 heteroatoms. The van der Waals surface area contributed by atoms with E-state index in [-0.39, 0.29) is 5.92 Å². The highest BCUT2D eigenvalue weighted by molar-refractivity contribution is 5.93. The molecule has 0 aliphatic rings. The Labute approximate surface area is 188 Å². The average Bonchev–Trinajstić information content (AvgIpc) is 3.24. The van der Waals surface area contributed by atoms with E-state index in [2.05, 4.69) is 96.0 Å². The van der Waals surface area contributed by atoms with E-state index < -0.39 is 0 Å². The van der Waals surface area contributed by atoms with Gasteiger partial charge in [-0.25, -0.2) is 0 Å². The van der Waals surface area contributed by atoms with Gasteiger partial charge in [0.15, 0.2) is 0 Å². The zero-order chi connectivity index (χ0) is 21.8. The number of hydrogen-bond donors (Lipinski definition) is 1. The van der Waals surface area contributed by atoms with Gasteiger partial charge in [0.2, 0.25) is 0 Å². The molecule has 0 aliphatic heterocycles. The topological polar surface area (TPSA) is 39.6 Å². The van der Waals surface area contributed by atoms with Gasteiger partial charge in [-0.05, 0) is 40.5 Å². The number of allylic oxidation sites excluding steroid dienone is 1. The molecule has 0 saturated carbocycles. The zero-order valence-electron chi connectivity index (χ0n) is 17.6. The summed E-state index contributed by atoms with van der Waals surface area (Å²) in [6, 6.07) is 39.5. The first kappa shape index (κ1) is 19.6. The number of nitrogens with zero attached hydrogens (tertiary/aromatic N) is 1. The quantitative estimate of drug-likeness (QED) is 0.319. The summed E-state index contributed by atoms with van der Waals surface area (Å²) in [5.74, 6) is 0.0225. The second kappa shape index (κ2) is 8.79. The van der Waals surface area contributed by atoms with Gasteiger partial charge in [0.1, 0.15) is 0 Å². The van der Waals surface area contributed by atoms with Crippen molar-refractivity contribution in [2.24, 2.45) is 0 Å². The van der Waals surface area contributed by atoms with Gasteiger partial charge < -0.3 is 4.98 Å². The molecule has 0 spiro atoms. The van der Waals surface area contributed by atoms with Crippen LogP contribution in [-0.4, -0.2) is 4.98 Å². The number of hydrogen-bond acceptors (Lipinski definition) is 1. The van der Waals surface area contributed by atoms with Crippen molar-refractivity contribution >= 4 is 17.0 Å². The third kappa shape index (κ3) is 3.85. The lowest BCUT2D eigenvalue weighted by Gasteiger charge is -2.16. The Morgan fingerprint density at radius 1 is 0.750 bits per heavy atom. The molecule has 0 aliphatic carbocycles. The predicted molar refractivity (Wildman–Crippen MR) is 132 cm³/mol. The number of fused-ring (bicyclic) bond motifs is 1. The first-order valence-electron chi connectivity index (χ1n) is 10.7. The molecule has 0 amide bonds. The number of nitrogens with one attached hydrogen (secondary N) is 1. The second-order valence-corrected chi connectivity index (χ2v) is 7.81. The Kier molecular flexibility index (Phi) is 5.39. The standard InChI is InChI=1S/C30H22N2/c31-21-23-17-19-28-27(20-23)29(30(32-28)25-14-8-3-9-15-25)26(24-12-6-2-7-13-24)18-16-22-10-4-1-5-11-22/h1-20,26,32H/b18-16+. The molecule has 1 unspecified atom stereocenters. The van der Waals surface area contributed by atoms with Crippen LogP contribution in [0.25, 0.3) is 28.2 Å². The molecule has 1 N–H and O–H groups in total. The highest BCUT2D eigenvalue weighted by atomic mass is 14.7. The van der Waals surface area contributed by atoms with Crippen LogP contribution in [0, 0.1) is 11.3 Å². The smallest absolute Gasteiger partial charge is 0.0991 e. The van der Waals surface area contributed by atoms with Crippen LogP contribution in [0.3, 0.4) is 0 Å². The van der Waals surface area contributed by atoms with Gasteiger partial charge in [-0.15, -0.1) is 0 Å². The number of nitriles is 1. The summed E-state index contributed by atoms with van der Waals surface area (Å²) in [6.45, 7) is 0. The van der Waals surface area contributed by atoms with Gasteiger partial charge in [-0.3, -0.25) is 0 Å². The van der Waals surface area contributed by atoms with Crippen molar-refractivity contribution in [3.8, 4) is 17.3 Å². The Hall–Kier alpha value is -4.35. The Bertz CT molecular complexity index is 1410. The van der Waals surface area contributed by atoms with Crippen molar-refractivity contribution in [3.63, 3.8) is 0 Å². The SMILES string of the molecule is N#Cc1ccc2[nH]c(-c3ccccc3)c(C(/C=C/c3ccccc3)c3ccccc3)c2c1. The average molecular weight is 411 g/mol. The summed E-state index contributed by atoms with van der Waals surface area (Å²) in [5, 5.41) is 10.6. The molecule has 1 aromatic heterocycles. The molecule has 5 aromatic rings. The van der Waals surface area contributed by atoms with Crippen LogP contribution in [0.15, 0.2) is 115 Å². The maximum atomic E-state index is 9.55. The highest BCUT2D eigenvalue weighted by Gasteiger charge is 2.22. The second-order valence-electron chi connectivity index (χ2n) is 7.81. The number of aromatic nitrogens is 1. The number of aromatic amines is 1. The van der Waals surface area contributed by atoms with Gasteiger partial charge in [-0.2, -0.15) is 5.26 Å². The lowest BCUT2D eigenvalue weighted by atomic mass is 9.86. The van der Waals surface area contributed by atoms with E-state index in [0.29, 0.717) is 5.56 Å². The maximum absolute atomic E-state index is 9.55. The molecule has 1 heterocycles. The minimum atomic E-state index is 0.0225. The van der Waals surface area contributed by atoms with E-state index in [4.69, 9.17) is 0 Å². The molecule has 1 atom stereocenters. The highest BCUT2D eigenvalue weighted by Crippen LogP contribution is 2.40. The van der Waals surface area contributed by atoms with Crippen LogP contribution in [0.2, 0.25) is 0 Å². The first-order valence-corrected chi connectivity index (χ1v) is 10.7. The van der Waals surface area contributed by atoms with E-state index in [1.54, 1.807) is 0 Å². The molecule has 152 valence electrons. The minimum absolute atomic E-state index is 0.0225. The summed E-state index contributed by atoms with van der Waals surface area (Å²) < 4.78 is 0. The number of H-pyrrole nitrogens is 1. The van der Waals surface area contributed by atoms with Crippen molar-refractivity contribution in [2.75, 3.05) is 0 Å². The van der Waals surface area contributed by atoms with Gasteiger partial charge in [0.05, 0.1) is 17.3 Å². The van der Waals surface area contributed by atoms with Crippen LogP contribution in [0.1, 0.15) is 28.2 Å². The van der Waals surface area contributed by atoms with Crippen molar-refractivity contribution < 1.29 is 0 Å². The molecule has 5 rings (SSSR count). The summed E-state index contributed by atoms with van der Waals surface area (Å²) in [7, 11) is 0. The minimum Gasteiger partial charge on any atom is -0.354 e. The van der Waals surface area contributed by atoms with Gasteiger partial charge in [0, 0.05) is 16.8 Å². The monoisotopic (exact) mass is 410 g/mol. The van der Waals surface area contributed by atoms with Crippen molar-refractivity contribution in [2.45, 2.75) is 5.92 Å². The van der Waals surface area contributed by atoms with Crippen LogP contribution in [0.5, 0.6) is 0 Å². The van der Waals surface area contributed by atoms with Crippen LogP contribution in [0.4, 0.5) is 0 Å². The normalized spacial score (nSPS) is 12.1. The van der Waals surface area contributed by atoms with Crippen molar-refractivity contribution in [1.82, 2.24) is 4.98 Å². The van der Waals surface area contributed by atoms with E-state index in [1.165, 1.54) is 11.1 Å².